The van der Waals surface area contributed by atoms with E-state index in [9.17, 15) is 0 Å². The third-order valence-corrected chi connectivity index (χ3v) is 4.39. The number of para-hydroxylation sites is 1. The molecule has 1 aliphatic rings. The van der Waals surface area contributed by atoms with Gasteiger partial charge in [-0.2, -0.15) is 0 Å². The van der Waals surface area contributed by atoms with Crippen molar-refractivity contribution in [3.8, 4) is 11.5 Å². The molecule has 0 aromatic heterocycles. The molecule has 1 heterocycles. The summed E-state index contributed by atoms with van der Waals surface area (Å²) in [5.74, 6) is 1.86. The molecule has 1 aliphatic heterocycles. The van der Waals surface area contributed by atoms with Gasteiger partial charge in [-0.1, -0.05) is 67.0 Å². The van der Waals surface area contributed by atoms with Crippen molar-refractivity contribution in [1.29, 1.82) is 0 Å². The van der Waals surface area contributed by atoms with Crippen LogP contribution in [0.25, 0.3) is 11.6 Å². The molecule has 0 atom stereocenters. The average molecular weight is 343 g/mol. The molecule has 1 nitrogen and oxygen atoms in total. The number of hydrogen-bond donors (Lipinski definition) is 0. The van der Waals surface area contributed by atoms with Crippen LogP contribution in [0.3, 0.4) is 0 Å². The zero-order valence-corrected chi connectivity index (χ0v) is 14.2. The maximum absolute atomic E-state index is 6.20. The lowest BCUT2D eigenvalue weighted by Gasteiger charge is -2.23. The van der Waals surface area contributed by atoms with Crippen molar-refractivity contribution in [1.82, 2.24) is 0 Å². The Balaban J connectivity index is 2.28. The van der Waals surface area contributed by atoms with E-state index in [1.165, 1.54) is 16.7 Å². The minimum absolute atomic E-state index is 0.0825. The fourth-order valence-corrected chi connectivity index (χ4v) is 3.20. The van der Waals surface area contributed by atoms with E-state index in [1.54, 1.807) is 0 Å². The van der Waals surface area contributed by atoms with Crippen molar-refractivity contribution >= 4 is 27.6 Å². The van der Waals surface area contributed by atoms with E-state index < -0.39 is 0 Å². The number of hydrogen-bond acceptors (Lipinski definition) is 1. The summed E-state index contributed by atoms with van der Waals surface area (Å²) >= 11 is 3.62. The molecule has 0 aliphatic carbocycles. The maximum atomic E-state index is 6.20. The molecule has 0 unspecified atom stereocenters. The second kappa shape index (κ2) is 5.34. The van der Waals surface area contributed by atoms with Gasteiger partial charge in [-0.05, 0) is 34.8 Å². The summed E-state index contributed by atoms with van der Waals surface area (Å²) in [4.78, 5) is 0. The topological polar surface area (TPSA) is 9.23 Å². The van der Waals surface area contributed by atoms with Crippen LogP contribution in [0, 0.1) is 0 Å². The van der Waals surface area contributed by atoms with Gasteiger partial charge in [-0.15, -0.1) is 0 Å². The number of alkyl halides is 1. The molecule has 0 spiro atoms. The van der Waals surface area contributed by atoms with Gasteiger partial charge < -0.3 is 4.74 Å². The largest absolute Gasteiger partial charge is 0.456 e. The molecular formula is C19H19BrO. The lowest BCUT2D eigenvalue weighted by Crippen LogP contribution is -2.13. The standard InChI is InChI=1S/C19H19BrO/c1-19(2,3)16-8-6-10-18-15(16)11-13(12-20)14-7-4-5-9-17(14)21-18/h4-11H,12H2,1-3H3. The molecule has 0 amide bonds. The van der Waals surface area contributed by atoms with Crippen molar-refractivity contribution in [3.05, 3.63) is 59.2 Å². The fraction of sp³-hybridized carbons (Fsp3) is 0.263. The number of ether oxygens (including phenoxy) is 1. The van der Waals surface area contributed by atoms with Crippen molar-refractivity contribution in [2.75, 3.05) is 5.33 Å². The monoisotopic (exact) mass is 342 g/mol. The van der Waals surface area contributed by atoms with Crippen LogP contribution >= 0.6 is 15.9 Å². The van der Waals surface area contributed by atoms with E-state index in [1.807, 2.05) is 12.1 Å². The summed E-state index contributed by atoms with van der Waals surface area (Å²) in [5, 5.41) is 0.811. The van der Waals surface area contributed by atoms with Gasteiger partial charge >= 0.3 is 0 Å². The van der Waals surface area contributed by atoms with Gasteiger partial charge in [0.2, 0.25) is 0 Å². The zero-order chi connectivity index (χ0) is 15.0. The van der Waals surface area contributed by atoms with Gasteiger partial charge in [0.05, 0.1) is 0 Å². The molecule has 2 heteroatoms. The first kappa shape index (κ1) is 14.4. The Hall–Kier alpha value is -1.54. The maximum Gasteiger partial charge on any atom is 0.134 e. The van der Waals surface area contributed by atoms with Gasteiger partial charge in [0.15, 0.2) is 0 Å². The third-order valence-electron chi connectivity index (χ3n) is 3.79. The van der Waals surface area contributed by atoms with Crippen LogP contribution < -0.4 is 4.74 Å². The number of fused-ring (bicyclic) bond motifs is 2. The summed E-state index contributed by atoms with van der Waals surface area (Å²) < 4.78 is 6.20. The minimum Gasteiger partial charge on any atom is -0.456 e. The Morgan fingerprint density at radius 2 is 1.67 bits per heavy atom. The van der Waals surface area contributed by atoms with Gasteiger partial charge in [-0.25, -0.2) is 0 Å². The van der Waals surface area contributed by atoms with E-state index in [4.69, 9.17) is 4.74 Å². The van der Waals surface area contributed by atoms with Crippen molar-refractivity contribution < 1.29 is 4.74 Å². The Labute approximate surface area is 134 Å². The number of halogens is 1. The molecule has 108 valence electrons. The summed E-state index contributed by atoms with van der Waals surface area (Å²) in [6.07, 6.45) is 2.26. The Morgan fingerprint density at radius 1 is 0.952 bits per heavy atom. The zero-order valence-electron chi connectivity index (χ0n) is 12.6. The predicted molar refractivity (Wildman–Crippen MR) is 93.3 cm³/mol. The van der Waals surface area contributed by atoms with Crippen molar-refractivity contribution in [2.24, 2.45) is 0 Å². The molecule has 0 bridgehead atoms. The van der Waals surface area contributed by atoms with Crippen LogP contribution in [-0.4, -0.2) is 5.33 Å². The molecule has 0 N–H and O–H groups in total. The summed E-state index contributed by atoms with van der Waals surface area (Å²) in [6.45, 7) is 6.72. The molecule has 0 radical (unpaired) electrons. The highest BCUT2D eigenvalue weighted by Gasteiger charge is 2.23. The molecule has 21 heavy (non-hydrogen) atoms. The lowest BCUT2D eigenvalue weighted by molar-refractivity contribution is 0.477. The quantitative estimate of drug-likeness (QED) is 0.575. The Morgan fingerprint density at radius 3 is 2.38 bits per heavy atom. The van der Waals surface area contributed by atoms with E-state index >= 15 is 0 Å². The van der Waals surface area contributed by atoms with Gasteiger partial charge in [0.1, 0.15) is 11.5 Å². The molecule has 0 saturated heterocycles. The van der Waals surface area contributed by atoms with E-state index in [0.717, 1.165) is 22.4 Å². The molecular weight excluding hydrogens is 324 g/mol. The van der Waals surface area contributed by atoms with Crippen molar-refractivity contribution in [3.63, 3.8) is 0 Å². The van der Waals surface area contributed by atoms with E-state index in [0.29, 0.717) is 0 Å². The highest BCUT2D eigenvalue weighted by Crippen LogP contribution is 2.42. The summed E-state index contributed by atoms with van der Waals surface area (Å²) in [5.41, 5.74) is 4.99. The van der Waals surface area contributed by atoms with Gasteiger partial charge in [0.25, 0.3) is 0 Å². The first-order valence-corrected chi connectivity index (χ1v) is 8.30. The molecule has 0 fully saturated rings. The van der Waals surface area contributed by atoms with Crippen molar-refractivity contribution in [2.45, 2.75) is 26.2 Å². The van der Waals surface area contributed by atoms with Crippen LogP contribution in [-0.2, 0) is 5.41 Å². The predicted octanol–water partition coefficient (Wildman–Crippen LogP) is 6.03. The second-order valence-electron chi connectivity index (χ2n) is 6.37. The van der Waals surface area contributed by atoms with Crippen LogP contribution in [0.1, 0.15) is 37.5 Å². The summed E-state index contributed by atoms with van der Waals surface area (Å²) in [7, 11) is 0. The van der Waals surface area contributed by atoms with Gasteiger partial charge in [0, 0.05) is 16.5 Å². The van der Waals surface area contributed by atoms with Gasteiger partial charge in [-0.3, -0.25) is 0 Å². The normalized spacial score (nSPS) is 13.6. The highest BCUT2D eigenvalue weighted by atomic mass is 79.9. The number of allylic oxidation sites excluding steroid dienone is 1. The van der Waals surface area contributed by atoms with Crippen LogP contribution in [0.5, 0.6) is 11.5 Å². The average Bonchev–Trinajstić information content (AvgIpc) is 2.61. The lowest BCUT2D eigenvalue weighted by atomic mass is 9.83. The fourth-order valence-electron chi connectivity index (χ4n) is 2.74. The Kier molecular flexibility index (Phi) is 3.66. The second-order valence-corrected chi connectivity index (χ2v) is 6.93. The summed E-state index contributed by atoms with van der Waals surface area (Å²) in [6, 6.07) is 14.5. The van der Waals surface area contributed by atoms with Crippen LogP contribution in [0.15, 0.2) is 42.5 Å². The number of benzene rings is 2. The smallest absolute Gasteiger partial charge is 0.134 e. The van der Waals surface area contributed by atoms with E-state index in [2.05, 4.69) is 73.1 Å². The van der Waals surface area contributed by atoms with Crippen LogP contribution in [0.4, 0.5) is 0 Å². The first-order valence-electron chi connectivity index (χ1n) is 7.18. The minimum atomic E-state index is 0.0825. The molecule has 0 saturated carbocycles. The van der Waals surface area contributed by atoms with E-state index in [-0.39, 0.29) is 5.41 Å². The molecule has 2 aromatic rings. The number of rotatable bonds is 1. The Bertz CT molecular complexity index is 708. The SMILES string of the molecule is CC(C)(C)c1cccc2c1C=C(CBr)c1ccccc1O2. The molecule has 2 aromatic carbocycles. The van der Waals surface area contributed by atoms with Crippen LogP contribution in [0.2, 0.25) is 0 Å². The first-order chi connectivity index (χ1) is 10.0. The third kappa shape index (κ3) is 2.65. The highest BCUT2D eigenvalue weighted by molar-refractivity contribution is 9.09. The molecule has 3 rings (SSSR count).